The summed E-state index contributed by atoms with van der Waals surface area (Å²) in [4.78, 5) is 26.4. The van der Waals surface area contributed by atoms with E-state index in [0.717, 1.165) is 9.87 Å². The molecule has 9 nitrogen and oxygen atoms in total. The average molecular weight is 574 g/mol. The smallest absolute Gasteiger partial charge is 0.264 e. The lowest BCUT2D eigenvalue weighted by Crippen LogP contribution is -2.38. The third-order valence-corrected chi connectivity index (χ3v) is 8.14. The second-order valence-electron chi connectivity index (χ2n) is 9.06. The van der Waals surface area contributed by atoms with Gasteiger partial charge in [0.25, 0.3) is 15.9 Å². The number of methoxy groups -OCH3 is 2. The van der Waals surface area contributed by atoms with Gasteiger partial charge < -0.3 is 20.1 Å². The molecule has 0 bridgehead atoms. The van der Waals surface area contributed by atoms with Gasteiger partial charge >= 0.3 is 0 Å². The van der Waals surface area contributed by atoms with Crippen molar-refractivity contribution in [1.29, 1.82) is 0 Å². The van der Waals surface area contributed by atoms with Crippen LogP contribution in [0.4, 0.5) is 11.4 Å². The molecule has 2 amide bonds. The van der Waals surface area contributed by atoms with E-state index in [2.05, 4.69) is 10.6 Å². The fraction of sp³-hybridized carbons (Fsp3) is 0.161. The van der Waals surface area contributed by atoms with Crippen LogP contribution in [0, 0.1) is 0 Å². The van der Waals surface area contributed by atoms with E-state index in [1.807, 2.05) is 37.3 Å². The summed E-state index contributed by atoms with van der Waals surface area (Å²) < 4.78 is 39.1. The van der Waals surface area contributed by atoms with Crippen LogP contribution in [-0.4, -0.2) is 41.0 Å². The second kappa shape index (κ2) is 13.0. The number of carbonyl (C=O) groups excluding carboxylic acids is 2. The minimum Gasteiger partial charge on any atom is -0.493 e. The molecular weight excluding hydrogens is 542 g/mol. The van der Waals surface area contributed by atoms with Crippen LogP contribution >= 0.6 is 0 Å². The number of amides is 2. The maximum absolute atomic E-state index is 13.8. The Morgan fingerprint density at radius 2 is 1.41 bits per heavy atom. The predicted octanol–water partition coefficient (Wildman–Crippen LogP) is 5.03. The van der Waals surface area contributed by atoms with Gasteiger partial charge in [-0.1, -0.05) is 60.7 Å². The van der Waals surface area contributed by atoms with Crippen LogP contribution in [0.25, 0.3) is 0 Å². The number of benzene rings is 4. The summed E-state index contributed by atoms with van der Waals surface area (Å²) in [5.74, 6) is -0.410. The first kappa shape index (κ1) is 29.2. The Morgan fingerprint density at radius 1 is 0.805 bits per heavy atom. The number of rotatable bonds is 11. The molecule has 0 aliphatic carbocycles. The molecular formula is C31H31N3O6S. The van der Waals surface area contributed by atoms with Gasteiger partial charge in [0.15, 0.2) is 11.5 Å². The standard InChI is InChI=1S/C31H31N3O6S/c1-22(23-12-6-4-7-13-23)32-31(36)26-16-10-11-17-27(26)33-30(35)21-34(24-14-8-5-9-15-24)41(37,38)25-18-19-28(39-2)29(20-25)40-3/h4-20,22H,21H2,1-3H3,(H,32,36)(H,33,35)/t22-/m1/s1. The Bertz CT molecular complexity index is 1610. The number of carbonyl (C=O) groups is 2. The summed E-state index contributed by atoms with van der Waals surface area (Å²) in [6, 6.07) is 28.3. The zero-order chi connectivity index (χ0) is 29.4. The largest absolute Gasteiger partial charge is 0.493 e. The first-order valence-electron chi connectivity index (χ1n) is 12.8. The molecule has 41 heavy (non-hydrogen) atoms. The predicted molar refractivity (Wildman–Crippen MR) is 158 cm³/mol. The van der Waals surface area contributed by atoms with E-state index in [4.69, 9.17) is 9.47 Å². The molecule has 4 aromatic rings. The summed E-state index contributed by atoms with van der Waals surface area (Å²) in [5.41, 5.74) is 1.73. The lowest BCUT2D eigenvalue weighted by atomic mass is 10.1. The zero-order valence-corrected chi connectivity index (χ0v) is 23.7. The van der Waals surface area contributed by atoms with Crippen molar-refractivity contribution in [3.05, 3.63) is 114 Å². The van der Waals surface area contributed by atoms with Crippen molar-refractivity contribution in [1.82, 2.24) is 5.32 Å². The van der Waals surface area contributed by atoms with Crippen molar-refractivity contribution in [2.45, 2.75) is 17.9 Å². The molecule has 0 unspecified atom stereocenters. The number of nitrogens with one attached hydrogen (secondary N) is 2. The fourth-order valence-electron chi connectivity index (χ4n) is 4.22. The van der Waals surface area contributed by atoms with Gasteiger partial charge in [0.1, 0.15) is 6.54 Å². The maximum atomic E-state index is 13.8. The van der Waals surface area contributed by atoms with Gasteiger partial charge in [-0.3, -0.25) is 13.9 Å². The molecule has 10 heteroatoms. The SMILES string of the molecule is COc1ccc(S(=O)(=O)N(CC(=O)Nc2ccccc2C(=O)N[C@H](C)c2ccccc2)c2ccccc2)cc1OC. The number of ether oxygens (including phenoxy) is 2. The minimum atomic E-state index is -4.21. The fourth-order valence-corrected chi connectivity index (χ4v) is 5.66. The van der Waals surface area contributed by atoms with Crippen LogP contribution in [0.3, 0.4) is 0 Å². The van der Waals surface area contributed by atoms with E-state index in [-0.39, 0.29) is 33.8 Å². The van der Waals surface area contributed by atoms with Crippen molar-refractivity contribution in [2.24, 2.45) is 0 Å². The van der Waals surface area contributed by atoms with Gasteiger partial charge in [-0.2, -0.15) is 0 Å². The minimum absolute atomic E-state index is 0.0820. The van der Waals surface area contributed by atoms with Crippen LogP contribution in [-0.2, 0) is 14.8 Å². The van der Waals surface area contributed by atoms with Crippen LogP contribution in [0.15, 0.2) is 108 Å². The number of para-hydroxylation sites is 2. The Kier molecular flexibility index (Phi) is 9.26. The van der Waals surface area contributed by atoms with Gasteiger partial charge in [0, 0.05) is 6.07 Å². The number of hydrogen-bond acceptors (Lipinski definition) is 6. The van der Waals surface area contributed by atoms with Crippen LogP contribution in [0.5, 0.6) is 11.5 Å². The Labute approximate surface area is 239 Å². The first-order chi connectivity index (χ1) is 19.7. The summed E-state index contributed by atoms with van der Waals surface area (Å²) >= 11 is 0. The third kappa shape index (κ3) is 6.85. The highest BCUT2D eigenvalue weighted by atomic mass is 32.2. The Hall–Kier alpha value is -4.83. The van der Waals surface area contributed by atoms with Crippen molar-refractivity contribution < 1.29 is 27.5 Å². The zero-order valence-electron chi connectivity index (χ0n) is 22.9. The number of anilines is 2. The van der Waals surface area contributed by atoms with E-state index < -0.39 is 22.5 Å². The molecule has 0 aliphatic heterocycles. The second-order valence-corrected chi connectivity index (χ2v) is 10.9. The van der Waals surface area contributed by atoms with E-state index >= 15 is 0 Å². The number of sulfonamides is 1. The molecule has 0 saturated heterocycles. The first-order valence-corrected chi connectivity index (χ1v) is 14.2. The molecule has 0 heterocycles. The van der Waals surface area contributed by atoms with Crippen LogP contribution < -0.4 is 24.4 Å². The molecule has 1 atom stereocenters. The van der Waals surface area contributed by atoms with Crippen molar-refractivity contribution >= 4 is 33.2 Å². The quantitative estimate of drug-likeness (QED) is 0.260. The molecule has 0 saturated carbocycles. The van der Waals surface area contributed by atoms with E-state index in [0.29, 0.717) is 11.4 Å². The van der Waals surface area contributed by atoms with Gasteiger partial charge in [0.05, 0.1) is 42.1 Å². The van der Waals surface area contributed by atoms with Gasteiger partial charge in [-0.25, -0.2) is 8.42 Å². The third-order valence-electron chi connectivity index (χ3n) is 6.37. The molecule has 0 spiro atoms. The molecule has 4 rings (SSSR count). The maximum Gasteiger partial charge on any atom is 0.264 e. The van der Waals surface area contributed by atoms with Crippen LogP contribution in [0.1, 0.15) is 28.9 Å². The van der Waals surface area contributed by atoms with E-state index in [9.17, 15) is 18.0 Å². The van der Waals surface area contributed by atoms with E-state index in [1.54, 1.807) is 54.6 Å². The average Bonchev–Trinajstić information content (AvgIpc) is 3.00. The molecule has 0 radical (unpaired) electrons. The number of hydrogen-bond donors (Lipinski definition) is 2. The molecule has 212 valence electrons. The normalized spacial score (nSPS) is 11.7. The van der Waals surface area contributed by atoms with Gasteiger partial charge in [-0.15, -0.1) is 0 Å². The highest BCUT2D eigenvalue weighted by molar-refractivity contribution is 7.92. The monoisotopic (exact) mass is 573 g/mol. The van der Waals surface area contributed by atoms with Crippen LogP contribution in [0.2, 0.25) is 0 Å². The Balaban J connectivity index is 1.59. The topological polar surface area (TPSA) is 114 Å². The van der Waals surface area contributed by atoms with Crippen molar-refractivity contribution in [2.75, 3.05) is 30.4 Å². The molecule has 2 N–H and O–H groups in total. The lowest BCUT2D eigenvalue weighted by molar-refractivity contribution is -0.114. The highest BCUT2D eigenvalue weighted by Gasteiger charge is 2.29. The van der Waals surface area contributed by atoms with Gasteiger partial charge in [-0.05, 0) is 48.9 Å². The molecule has 4 aromatic carbocycles. The Morgan fingerprint density at radius 3 is 2.07 bits per heavy atom. The van der Waals surface area contributed by atoms with Crippen molar-refractivity contribution in [3.8, 4) is 11.5 Å². The summed E-state index contributed by atoms with van der Waals surface area (Å²) in [7, 11) is -1.36. The molecule has 0 aliphatic rings. The van der Waals surface area contributed by atoms with E-state index in [1.165, 1.54) is 32.4 Å². The highest BCUT2D eigenvalue weighted by Crippen LogP contribution is 2.32. The van der Waals surface area contributed by atoms with Crippen molar-refractivity contribution in [3.63, 3.8) is 0 Å². The van der Waals surface area contributed by atoms with Gasteiger partial charge in [0.2, 0.25) is 5.91 Å². The summed E-state index contributed by atoms with van der Waals surface area (Å²) in [5, 5.41) is 5.66. The lowest BCUT2D eigenvalue weighted by Gasteiger charge is -2.25. The summed E-state index contributed by atoms with van der Waals surface area (Å²) in [6.07, 6.45) is 0. The molecule has 0 fully saturated rings. The summed E-state index contributed by atoms with van der Waals surface area (Å²) in [6.45, 7) is 1.32. The number of nitrogens with zero attached hydrogens (tertiary/aromatic N) is 1. The molecule has 0 aromatic heterocycles.